The highest BCUT2D eigenvalue weighted by Crippen LogP contribution is 2.47. The third-order valence-corrected chi connectivity index (χ3v) is 6.07. The van der Waals surface area contributed by atoms with Gasteiger partial charge < -0.3 is 14.9 Å². The Labute approximate surface area is 194 Å². The highest BCUT2D eigenvalue weighted by molar-refractivity contribution is 7.99. The van der Waals surface area contributed by atoms with E-state index in [9.17, 15) is 14.9 Å². The van der Waals surface area contributed by atoms with E-state index in [0.29, 0.717) is 5.75 Å². The van der Waals surface area contributed by atoms with Crippen molar-refractivity contribution in [1.29, 1.82) is 0 Å². The number of carbonyl (C=O) groups excluding carboxylic acids is 1. The zero-order chi connectivity index (χ0) is 23.4. The van der Waals surface area contributed by atoms with Crippen LogP contribution in [-0.4, -0.2) is 37.8 Å². The van der Waals surface area contributed by atoms with Gasteiger partial charge in [0.05, 0.1) is 48.4 Å². The Kier molecular flexibility index (Phi) is 6.45. The molecule has 1 amide bonds. The summed E-state index contributed by atoms with van der Waals surface area (Å²) in [4.78, 5) is 27.6. The first kappa shape index (κ1) is 22.2. The van der Waals surface area contributed by atoms with Crippen molar-refractivity contribution in [2.75, 3.05) is 25.7 Å². The first-order valence-corrected chi connectivity index (χ1v) is 10.7. The number of benzene rings is 3. The zero-order valence-corrected chi connectivity index (χ0v) is 18.7. The molecular formula is C23H20N4O5S. The van der Waals surface area contributed by atoms with E-state index < -0.39 is 4.92 Å². The summed E-state index contributed by atoms with van der Waals surface area (Å²) in [7, 11) is 2.84. The normalized spacial score (nSPS) is 12.1. The van der Waals surface area contributed by atoms with Gasteiger partial charge in [-0.25, -0.2) is 0 Å². The number of amides is 1. The molecule has 0 atom stereocenters. The highest BCUT2D eigenvalue weighted by atomic mass is 32.2. The molecule has 0 unspecified atom stereocenters. The fraction of sp³-hybridized carbons (Fsp3) is 0.130. The molecular weight excluding hydrogens is 444 g/mol. The number of anilines is 2. The molecule has 1 N–H and O–H groups in total. The Morgan fingerprint density at radius 1 is 1.06 bits per heavy atom. The van der Waals surface area contributed by atoms with Gasteiger partial charge in [-0.1, -0.05) is 36.0 Å². The number of hydrogen-bond donors (Lipinski definition) is 1. The third kappa shape index (κ3) is 4.46. The van der Waals surface area contributed by atoms with Gasteiger partial charge in [0.25, 0.3) is 11.6 Å². The van der Waals surface area contributed by atoms with Gasteiger partial charge in [-0.3, -0.25) is 19.8 Å². The molecule has 1 aliphatic heterocycles. The number of ether oxygens (including phenoxy) is 2. The lowest BCUT2D eigenvalue weighted by Gasteiger charge is -2.30. The predicted molar refractivity (Wildman–Crippen MR) is 126 cm³/mol. The van der Waals surface area contributed by atoms with E-state index in [4.69, 9.17) is 9.47 Å². The van der Waals surface area contributed by atoms with Crippen LogP contribution in [-0.2, 0) is 4.79 Å². The summed E-state index contributed by atoms with van der Waals surface area (Å²) >= 11 is 1.61. The first-order chi connectivity index (χ1) is 16.0. The van der Waals surface area contributed by atoms with E-state index in [2.05, 4.69) is 10.5 Å². The minimum absolute atomic E-state index is 0.106. The van der Waals surface area contributed by atoms with Gasteiger partial charge >= 0.3 is 0 Å². The van der Waals surface area contributed by atoms with Crippen LogP contribution in [0.3, 0.4) is 0 Å². The number of hydrazone groups is 1. The molecule has 4 rings (SSSR count). The Morgan fingerprint density at radius 2 is 1.64 bits per heavy atom. The number of fused-ring (bicyclic) bond motifs is 2. The number of nitro benzene ring substituents is 1. The highest BCUT2D eigenvalue weighted by Gasteiger charge is 2.27. The Bertz CT molecular complexity index is 1200. The molecule has 1 aliphatic rings. The maximum atomic E-state index is 13.1. The smallest absolute Gasteiger partial charge is 0.282 e. The van der Waals surface area contributed by atoms with Crippen molar-refractivity contribution in [1.82, 2.24) is 5.43 Å². The molecule has 0 saturated carbocycles. The number of nitro groups is 1. The van der Waals surface area contributed by atoms with Gasteiger partial charge in [0, 0.05) is 9.79 Å². The molecule has 168 valence electrons. The summed E-state index contributed by atoms with van der Waals surface area (Å²) in [6, 6.07) is 18.1. The Balaban J connectivity index is 1.54. The van der Waals surface area contributed by atoms with Gasteiger partial charge in [-0.05, 0) is 30.3 Å². The van der Waals surface area contributed by atoms with Crippen molar-refractivity contribution < 1.29 is 19.2 Å². The largest absolute Gasteiger partial charge is 0.493 e. The van der Waals surface area contributed by atoms with Crippen LogP contribution >= 0.6 is 11.8 Å². The topological polar surface area (TPSA) is 106 Å². The van der Waals surface area contributed by atoms with E-state index in [1.54, 1.807) is 16.7 Å². The van der Waals surface area contributed by atoms with Crippen molar-refractivity contribution in [3.8, 4) is 11.5 Å². The summed E-state index contributed by atoms with van der Waals surface area (Å²) in [5, 5.41) is 15.5. The molecule has 0 spiro atoms. The zero-order valence-electron chi connectivity index (χ0n) is 17.8. The summed E-state index contributed by atoms with van der Waals surface area (Å²) in [5.41, 5.74) is 4.32. The number of nitrogens with one attached hydrogen (secondary N) is 1. The lowest BCUT2D eigenvalue weighted by molar-refractivity contribution is -0.385. The molecule has 0 aromatic heterocycles. The van der Waals surface area contributed by atoms with Crippen LogP contribution in [0, 0.1) is 10.1 Å². The number of carbonyl (C=O) groups is 1. The maximum Gasteiger partial charge on any atom is 0.282 e. The summed E-state index contributed by atoms with van der Waals surface area (Å²) in [6.45, 7) is -0.106. The number of rotatable bonds is 7. The molecule has 0 bridgehead atoms. The molecule has 0 fully saturated rings. The molecule has 0 aliphatic carbocycles. The second-order valence-corrected chi connectivity index (χ2v) is 7.97. The molecule has 3 aromatic carbocycles. The SMILES string of the molecule is COc1cc(C=NNCC(=O)N2c3ccccc3Sc3ccccc32)c([N+](=O)[O-])cc1OC. The van der Waals surface area contributed by atoms with Crippen LogP contribution in [0.1, 0.15) is 5.56 Å². The minimum atomic E-state index is -0.534. The van der Waals surface area contributed by atoms with Crippen LogP contribution in [0.4, 0.5) is 17.1 Å². The third-order valence-electron chi connectivity index (χ3n) is 4.94. The molecule has 33 heavy (non-hydrogen) atoms. The van der Waals surface area contributed by atoms with E-state index in [0.717, 1.165) is 21.2 Å². The Hall–Kier alpha value is -4.05. The number of hydrogen-bond acceptors (Lipinski definition) is 8. The van der Waals surface area contributed by atoms with Crippen LogP contribution in [0.5, 0.6) is 11.5 Å². The number of para-hydroxylation sites is 2. The predicted octanol–water partition coefficient (Wildman–Crippen LogP) is 4.37. The average Bonchev–Trinajstić information content (AvgIpc) is 2.84. The molecule has 1 heterocycles. The summed E-state index contributed by atoms with van der Waals surface area (Å²) < 4.78 is 10.3. The van der Waals surface area contributed by atoms with Gasteiger partial charge in [0.2, 0.25) is 0 Å². The van der Waals surface area contributed by atoms with Gasteiger partial charge in [0.15, 0.2) is 11.5 Å². The number of nitrogens with zero attached hydrogens (tertiary/aromatic N) is 3. The number of methoxy groups -OCH3 is 2. The lowest BCUT2D eigenvalue weighted by Crippen LogP contribution is -2.35. The van der Waals surface area contributed by atoms with Gasteiger partial charge in [-0.2, -0.15) is 5.10 Å². The molecule has 9 nitrogen and oxygen atoms in total. The fourth-order valence-corrected chi connectivity index (χ4v) is 4.48. The summed E-state index contributed by atoms with van der Waals surface area (Å²) in [6.07, 6.45) is 1.28. The Morgan fingerprint density at radius 3 is 2.21 bits per heavy atom. The van der Waals surface area contributed by atoms with Crippen LogP contribution in [0.25, 0.3) is 0 Å². The van der Waals surface area contributed by atoms with Crippen molar-refractivity contribution in [2.45, 2.75) is 9.79 Å². The van der Waals surface area contributed by atoms with Crippen molar-refractivity contribution in [3.05, 3.63) is 76.3 Å². The first-order valence-electron chi connectivity index (χ1n) is 9.88. The molecule has 0 radical (unpaired) electrons. The second kappa shape index (κ2) is 9.61. The van der Waals surface area contributed by atoms with E-state index in [1.807, 2.05) is 48.5 Å². The van der Waals surface area contributed by atoms with Crippen LogP contribution in [0.15, 0.2) is 75.6 Å². The van der Waals surface area contributed by atoms with Crippen molar-refractivity contribution in [3.63, 3.8) is 0 Å². The minimum Gasteiger partial charge on any atom is -0.493 e. The standard InChI is InChI=1S/C23H20N4O5S/c1-31-19-11-15(18(27(29)30)12-20(19)32-2)13-24-25-14-23(28)26-16-7-3-5-9-21(16)33-22-10-6-4-8-17(22)26/h3-13,25H,14H2,1-2H3. The van der Waals surface area contributed by atoms with E-state index in [-0.39, 0.29) is 29.5 Å². The van der Waals surface area contributed by atoms with Gasteiger partial charge in [-0.15, -0.1) is 0 Å². The quantitative estimate of drug-likeness (QED) is 0.314. The molecule has 0 saturated heterocycles. The molecule has 10 heteroatoms. The summed E-state index contributed by atoms with van der Waals surface area (Å²) in [5.74, 6) is 0.360. The van der Waals surface area contributed by atoms with Crippen molar-refractivity contribution >= 4 is 40.9 Å². The van der Waals surface area contributed by atoms with Crippen molar-refractivity contribution in [2.24, 2.45) is 5.10 Å². The van der Waals surface area contributed by atoms with Crippen LogP contribution in [0.2, 0.25) is 0 Å². The van der Waals surface area contributed by atoms with E-state index >= 15 is 0 Å². The molecule has 3 aromatic rings. The maximum absolute atomic E-state index is 13.1. The fourth-order valence-electron chi connectivity index (χ4n) is 3.43. The van der Waals surface area contributed by atoms with Gasteiger partial charge in [0.1, 0.15) is 6.54 Å². The van der Waals surface area contributed by atoms with E-state index in [1.165, 1.54) is 32.6 Å². The monoisotopic (exact) mass is 464 g/mol. The second-order valence-electron chi connectivity index (χ2n) is 6.88. The average molecular weight is 465 g/mol. The van der Waals surface area contributed by atoms with Crippen LogP contribution < -0.4 is 19.8 Å². The lowest BCUT2D eigenvalue weighted by atomic mass is 10.1.